The predicted molar refractivity (Wildman–Crippen MR) is 95.2 cm³/mol. The molecule has 0 saturated carbocycles. The van der Waals surface area contributed by atoms with Crippen LogP contribution in [0.1, 0.15) is 27.7 Å². The summed E-state index contributed by atoms with van der Waals surface area (Å²) in [5.74, 6) is 1.07. The molecule has 0 aliphatic carbocycles. The van der Waals surface area contributed by atoms with Crippen molar-refractivity contribution in [3.8, 4) is 17.2 Å². The number of hydrogen-bond acceptors (Lipinski definition) is 4. The Bertz CT molecular complexity index is 760. The zero-order valence-electron chi connectivity index (χ0n) is 15.1. The molecule has 1 fully saturated rings. The third-order valence-corrected chi connectivity index (χ3v) is 4.74. The van der Waals surface area contributed by atoms with Crippen molar-refractivity contribution >= 4 is 12.6 Å². The van der Waals surface area contributed by atoms with Gasteiger partial charge in [-0.2, -0.15) is 0 Å². The Morgan fingerprint density at radius 2 is 1.60 bits per heavy atom. The van der Waals surface area contributed by atoms with Gasteiger partial charge in [-0.1, -0.05) is 12.1 Å². The third kappa shape index (κ3) is 3.50. The van der Waals surface area contributed by atoms with E-state index in [1.165, 1.54) is 12.1 Å². The van der Waals surface area contributed by atoms with Gasteiger partial charge in [-0.05, 0) is 57.4 Å². The second-order valence-electron chi connectivity index (χ2n) is 7.06. The van der Waals surface area contributed by atoms with Crippen LogP contribution in [0.15, 0.2) is 42.5 Å². The largest absolute Gasteiger partial charge is 0.494 e. The summed E-state index contributed by atoms with van der Waals surface area (Å²) in [5, 5.41) is 0. The average Bonchev–Trinajstić information content (AvgIpc) is 2.76. The molecule has 1 aliphatic heterocycles. The highest BCUT2D eigenvalue weighted by Gasteiger charge is 2.51. The van der Waals surface area contributed by atoms with E-state index in [0.29, 0.717) is 17.2 Å². The third-order valence-electron chi connectivity index (χ3n) is 4.74. The van der Waals surface area contributed by atoms with Crippen LogP contribution >= 0.6 is 0 Å². The second-order valence-corrected chi connectivity index (χ2v) is 7.06. The molecule has 6 heteroatoms. The summed E-state index contributed by atoms with van der Waals surface area (Å²) in [7, 11) is 1.07. The first-order chi connectivity index (χ1) is 11.7. The number of methoxy groups -OCH3 is 1. The van der Waals surface area contributed by atoms with Gasteiger partial charge in [-0.15, -0.1) is 0 Å². The number of hydrogen-bond donors (Lipinski definition) is 0. The Morgan fingerprint density at radius 1 is 0.920 bits per heavy atom. The minimum absolute atomic E-state index is 0.356. The van der Waals surface area contributed by atoms with Crippen LogP contribution in [0.2, 0.25) is 0 Å². The molecule has 0 atom stereocenters. The molecule has 2 aromatic carbocycles. The van der Waals surface area contributed by atoms with E-state index in [-0.39, 0.29) is 5.82 Å². The van der Waals surface area contributed by atoms with Crippen molar-refractivity contribution in [3.63, 3.8) is 0 Å². The smallest absolute Gasteiger partial charge is 0.493 e. The second kappa shape index (κ2) is 6.35. The molecule has 4 nitrogen and oxygen atoms in total. The topological polar surface area (TPSA) is 36.9 Å². The van der Waals surface area contributed by atoms with Gasteiger partial charge in [0.05, 0.1) is 18.3 Å². The Kier molecular flexibility index (Phi) is 4.52. The SMILES string of the molecule is COc1cc(B2OC(C)(C)C(C)(C)O2)ccc1Oc1cccc(F)c1. The van der Waals surface area contributed by atoms with Gasteiger partial charge in [0.15, 0.2) is 11.5 Å². The summed E-state index contributed by atoms with van der Waals surface area (Å²) in [6, 6.07) is 11.4. The Balaban J connectivity index is 1.85. The maximum Gasteiger partial charge on any atom is 0.494 e. The molecule has 1 saturated heterocycles. The fourth-order valence-corrected chi connectivity index (χ4v) is 2.55. The van der Waals surface area contributed by atoms with Gasteiger partial charge in [0.2, 0.25) is 0 Å². The number of benzene rings is 2. The summed E-state index contributed by atoms with van der Waals surface area (Å²) >= 11 is 0. The predicted octanol–water partition coefficient (Wildman–Crippen LogP) is 3.93. The molecule has 1 aliphatic rings. The number of ether oxygens (including phenoxy) is 2. The van der Waals surface area contributed by atoms with E-state index in [0.717, 1.165) is 5.46 Å². The van der Waals surface area contributed by atoms with E-state index >= 15 is 0 Å². The lowest BCUT2D eigenvalue weighted by atomic mass is 9.79. The molecule has 1 heterocycles. The van der Waals surface area contributed by atoms with E-state index in [4.69, 9.17) is 18.8 Å². The zero-order chi connectivity index (χ0) is 18.2. The Morgan fingerprint density at radius 3 is 2.20 bits per heavy atom. The molecular weight excluding hydrogens is 322 g/mol. The molecule has 0 bridgehead atoms. The lowest BCUT2D eigenvalue weighted by Gasteiger charge is -2.32. The molecule has 0 N–H and O–H groups in total. The quantitative estimate of drug-likeness (QED) is 0.788. The normalized spacial score (nSPS) is 18.2. The van der Waals surface area contributed by atoms with Crippen molar-refractivity contribution in [2.75, 3.05) is 7.11 Å². The highest BCUT2D eigenvalue weighted by molar-refractivity contribution is 6.62. The first-order valence-electron chi connectivity index (χ1n) is 8.19. The van der Waals surface area contributed by atoms with E-state index in [9.17, 15) is 4.39 Å². The summed E-state index contributed by atoms with van der Waals surface area (Å²) in [6.45, 7) is 8.02. The molecule has 0 radical (unpaired) electrons. The van der Waals surface area contributed by atoms with E-state index < -0.39 is 18.3 Å². The summed E-state index contributed by atoms with van der Waals surface area (Å²) in [6.07, 6.45) is 0. The van der Waals surface area contributed by atoms with Crippen molar-refractivity contribution in [3.05, 3.63) is 48.3 Å². The molecule has 132 valence electrons. The zero-order valence-corrected chi connectivity index (χ0v) is 15.1. The van der Waals surface area contributed by atoms with Crippen molar-refractivity contribution in [1.82, 2.24) is 0 Å². The molecule has 25 heavy (non-hydrogen) atoms. The molecular formula is C19H22BFO4. The van der Waals surface area contributed by atoms with Crippen LogP contribution in [-0.2, 0) is 9.31 Å². The van der Waals surface area contributed by atoms with Crippen LogP contribution < -0.4 is 14.9 Å². The monoisotopic (exact) mass is 344 g/mol. The lowest BCUT2D eigenvalue weighted by Crippen LogP contribution is -2.41. The van der Waals surface area contributed by atoms with Gasteiger partial charge in [-0.25, -0.2) is 4.39 Å². The highest BCUT2D eigenvalue weighted by Crippen LogP contribution is 2.37. The fourth-order valence-electron chi connectivity index (χ4n) is 2.55. The van der Waals surface area contributed by atoms with Crippen LogP contribution in [-0.4, -0.2) is 25.4 Å². The Labute approximate surface area is 148 Å². The van der Waals surface area contributed by atoms with Crippen molar-refractivity contribution in [2.45, 2.75) is 38.9 Å². The summed E-state index contributed by atoms with van der Waals surface area (Å²) in [4.78, 5) is 0. The minimum Gasteiger partial charge on any atom is -0.493 e. The molecule has 0 unspecified atom stereocenters. The molecule has 2 aromatic rings. The van der Waals surface area contributed by atoms with Crippen molar-refractivity contribution < 1.29 is 23.2 Å². The number of halogens is 1. The number of rotatable bonds is 4. The highest BCUT2D eigenvalue weighted by atomic mass is 19.1. The molecule has 0 aromatic heterocycles. The minimum atomic E-state index is -0.484. The summed E-state index contributed by atoms with van der Waals surface area (Å²) < 4.78 is 36.6. The van der Waals surface area contributed by atoms with Gasteiger partial charge in [-0.3, -0.25) is 0 Å². The standard InChI is InChI=1S/C19H22BFO4/c1-18(2)19(3,4)25-20(24-18)13-9-10-16(17(11-13)22-5)23-15-8-6-7-14(21)12-15/h6-12H,1-5H3. The first kappa shape index (κ1) is 17.8. The van der Waals surface area contributed by atoms with Gasteiger partial charge < -0.3 is 18.8 Å². The molecule has 0 amide bonds. The fraction of sp³-hybridized carbons (Fsp3) is 0.368. The molecule has 3 rings (SSSR count). The average molecular weight is 344 g/mol. The maximum absolute atomic E-state index is 13.3. The van der Waals surface area contributed by atoms with Gasteiger partial charge >= 0.3 is 7.12 Å². The Hall–Kier alpha value is -2.05. The maximum atomic E-state index is 13.3. The van der Waals surface area contributed by atoms with Crippen molar-refractivity contribution in [1.29, 1.82) is 0 Å². The van der Waals surface area contributed by atoms with Crippen LogP contribution in [0.4, 0.5) is 4.39 Å². The van der Waals surface area contributed by atoms with Gasteiger partial charge in [0, 0.05) is 6.07 Å². The van der Waals surface area contributed by atoms with Gasteiger partial charge in [0.1, 0.15) is 11.6 Å². The molecule has 0 spiro atoms. The summed E-state index contributed by atoms with van der Waals surface area (Å²) in [5.41, 5.74) is 0.00519. The van der Waals surface area contributed by atoms with Gasteiger partial charge in [0.25, 0.3) is 0 Å². The van der Waals surface area contributed by atoms with E-state index in [1.807, 2.05) is 39.8 Å². The lowest BCUT2D eigenvalue weighted by molar-refractivity contribution is 0.00578. The van der Waals surface area contributed by atoms with Crippen LogP contribution in [0.25, 0.3) is 0 Å². The van der Waals surface area contributed by atoms with E-state index in [2.05, 4.69) is 0 Å². The van der Waals surface area contributed by atoms with Crippen LogP contribution in [0.3, 0.4) is 0 Å². The first-order valence-corrected chi connectivity index (χ1v) is 8.19. The van der Waals surface area contributed by atoms with Crippen LogP contribution in [0.5, 0.6) is 17.2 Å². The van der Waals surface area contributed by atoms with Crippen molar-refractivity contribution in [2.24, 2.45) is 0 Å². The van der Waals surface area contributed by atoms with Crippen LogP contribution in [0, 0.1) is 5.82 Å². The van der Waals surface area contributed by atoms with E-state index in [1.54, 1.807) is 25.3 Å².